The van der Waals surface area contributed by atoms with Crippen LogP contribution in [-0.2, 0) is 21.9 Å². The van der Waals surface area contributed by atoms with Crippen LogP contribution in [0, 0.1) is 6.92 Å². The number of aryl methyl sites for hydroxylation is 1. The maximum atomic E-state index is 13.1. The van der Waals surface area contributed by atoms with Crippen molar-refractivity contribution in [2.45, 2.75) is 52.0 Å². The number of rotatable bonds is 11. The number of amides is 2. The summed E-state index contributed by atoms with van der Waals surface area (Å²) < 4.78 is 0. The third kappa shape index (κ3) is 7.58. The van der Waals surface area contributed by atoms with Crippen LogP contribution in [0.2, 0.25) is 0 Å². The minimum absolute atomic E-state index is 0.0317. The lowest BCUT2D eigenvalue weighted by Crippen LogP contribution is -2.49. The van der Waals surface area contributed by atoms with Gasteiger partial charge in [-0.2, -0.15) is 11.8 Å². The van der Waals surface area contributed by atoms with Crippen LogP contribution in [0.3, 0.4) is 0 Å². The molecule has 1 atom stereocenters. The second-order valence-corrected chi connectivity index (χ2v) is 8.22. The number of hydrogen-bond acceptors (Lipinski definition) is 3. The smallest absolute Gasteiger partial charge is 0.242 e. The molecular weight excluding hydrogens is 380 g/mol. The molecule has 5 heteroatoms. The van der Waals surface area contributed by atoms with E-state index in [2.05, 4.69) is 17.4 Å². The summed E-state index contributed by atoms with van der Waals surface area (Å²) in [5.74, 6) is 1.58. The molecule has 0 spiro atoms. The van der Waals surface area contributed by atoms with Crippen molar-refractivity contribution in [3.05, 3.63) is 71.3 Å². The number of nitrogens with zero attached hydrogens (tertiary/aromatic N) is 1. The van der Waals surface area contributed by atoms with Crippen molar-refractivity contribution in [3.8, 4) is 0 Å². The summed E-state index contributed by atoms with van der Waals surface area (Å²) in [7, 11) is 0. The minimum atomic E-state index is -0.442. The summed E-state index contributed by atoms with van der Waals surface area (Å²) in [5.41, 5.74) is 3.48. The first kappa shape index (κ1) is 23.0. The molecule has 0 fully saturated rings. The van der Waals surface area contributed by atoms with Crippen LogP contribution in [0.5, 0.6) is 0 Å². The molecule has 4 nitrogen and oxygen atoms in total. The number of hydrogen-bond donors (Lipinski definition) is 1. The quantitative estimate of drug-likeness (QED) is 0.550. The Kier molecular flexibility index (Phi) is 9.78. The highest BCUT2D eigenvalue weighted by Crippen LogP contribution is 2.17. The number of nitrogens with one attached hydrogen (secondary N) is 1. The van der Waals surface area contributed by atoms with Gasteiger partial charge in [0.1, 0.15) is 6.04 Å². The predicted molar refractivity (Wildman–Crippen MR) is 122 cm³/mol. The number of carbonyl (C=O) groups is 2. The zero-order valence-corrected chi connectivity index (χ0v) is 18.5. The van der Waals surface area contributed by atoms with Gasteiger partial charge in [-0.15, -0.1) is 0 Å². The van der Waals surface area contributed by atoms with Gasteiger partial charge in [0.25, 0.3) is 0 Å². The van der Waals surface area contributed by atoms with E-state index in [0.29, 0.717) is 25.9 Å². The molecule has 2 aromatic carbocycles. The van der Waals surface area contributed by atoms with Gasteiger partial charge in [0.05, 0.1) is 0 Å². The highest BCUT2D eigenvalue weighted by molar-refractivity contribution is 7.98. The molecule has 0 saturated heterocycles. The lowest BCUT2D eigenvalue weighted by molar-refractivity contribution is -0.141. The van der Waals surface area contributed by atoms with E-state index in [0.717, 1.165) is 17.1 Å². The molecule has 29 heavy (non-hydrogen) atoms. The van der Waals surface area contributed by atoms with Crippen LogP contribution in [-0.4, -0.2) is 35.1 Å². The largest absolute Gasteiger partial charge is 0.355 e. The number of thioether (sulfide) groups is 1. The van der Waals surface area contributed by atoms with E-state index >= 15 is 0 Å². The number of likely N-dealkylation sites (N-methyl/N-ethyl adjacent to an activating group) is 1. The monoisotopic (exact) mass is 412 g/mol. The molecule has 0 radical (unpaired) electrons. The van der Waals surface area contributed by atoms with E-state index in [1.54, 1.807) is 16.7 Å². The van der Waals surface area contributed by atoms with E-state index in [9.17, 15) is 9.59 Å². The van der Waals surface area contributed by atoms with E-state index in [-0.39, 0.29) is 11.8 Å². The summed E-state index contributed by atoms with van der Waals surface area (Å²) >= 11 is 1.75. The fraction of sp³-hybridized carbons (Fsp3) is 0.417. The second kappa shape index (κ2) is 12.3. The zero-order chi connectivity index (χ0) is 21.1. The summed E-state index contributed by atoms with van der Waals surface area (Å²) in [5, 5.41) is 2.88. The minimum Gasteiger partial charge on any atom is -0.355 e. The average Bonchev–Trinajstić information content (AvgIpc) is 2.73. The molecule has 2 aromatic rings. The zero-order valence-electron chi connectivity index (χ0n) is 17.7. The van der Waals surface area contributed by atoms with Crippen LogP contribution in [0.4, 0.5) is 0 Å². The Labute approximate surface area is 179 Å². The number of carbonyl (C=O) groups excluding carboxylic acids is 2. The molecule has 2 amide bonds. The van der Waals surface area contributed by atoms with Crippen LogP contribution < -0.4 is 5.32 Å². The highest BCUT2D eigenvalue weighted by Gasteiger charge is 2.27. The predicted octanol–water partition coefficient (Wildman–Crippen LogP) is 4.56. The van der Waals surface area contributed by atoms with Gasteiger partial charge in [0.2, 0.25) is 11.8 Å². The lowest BCUT2D eigenvalue weighted by Gasteiger charge is -2.30. The van der Waals surface area contributed by atoms with Crippen molar-refractivity contribution in [2.24, 2.45) is 0 Å². The third-order valence-electron chi connectivity index (χ3n) is 4.78. The Hall–Kier alpha value is -2.27. The SMILES string of the molecule is CCNC(=O)[C@@H](CC)N(Cc1ccc(C)cc1)C(=O)CCSCc1ccccc1. The van der Waals surface area contributed by atoms with Crippen molar-refractivity contribution in [1.82, 2.24) is 10.2 Å². The molecule has 0 unspecified atom stereocenters. The molecule has 0 saturated carbocycles. The van der Waals surface area contributed by atoms with Crippen molar-refractivity contribution < 1.29 is 9.59 Å². The molecule has 0 aliphatic rings. The molecular formula is C24H32N2O2S. The average molecular weight is 413 g/mol. The molecule has 0 bridgehead atoms. The van der Waals surface area contributed by atoms with Gasteiger partial charge in [-0.05, 0) is 31.4 Å². The van der Waals surface area contributed by atoms with Gasteiger partial charge >= 0.3 is 0 Å². The molecule has 2 rings (SSSR count). The van der Waals surface area contributed by atoms with Gasteiger partial charge < -0.3 is 10.2 Å². The van der Waals surface area contributed by atoms with Gasteiger partial charge in [0, 0.05) is 31.0 Å². The maximum Gasteiger partial charge on any atom is 0.242 e. The summed E-state index contributed by atoms with van der Waals surface area (Å²) in [6.45, 7) is 6.92. The summed E-state index contributed by atoms with van der Waals surface area (Å²) in [4.78, 5) is 27.4. The fourth-order valence-corrected chi connectivity index (χ4v) is 4.06. The Morgan fingerprint density at radius 3 is 2.31 bits per heavy atom. The van der Waals surface area contributed by atoms with E-state index in [1.807, 2.05) is 63.2 Å². The standard InChI is InChI=1S/C24H32N2O2S/c1-4-22(24(28)25-5-2)26(17-20-13-11-19(3)12-14-20)23(27)15-16-29-18-21-9-7-6-8-10-21/h6-14,22H,4-5,15-18H2,1-3H3,(H,25,28)/t22-/m1/s1. The Morgan fingerprint density at radius 2 is 1.69 bits per heavy atom. The van der Waals surface area contributed by atoms with E-state index in [1.165, 1.54) is 11.1 Å². The topological polar surface area (TPSA) is 49.4 Å². The van der Waals surface area contributed by atoms with Gasteiger partial charge in [-0.1, -0.05) is 67.1 Å². The first-order chi connectivity index (χ1) is 14.0. The van der Waals surface area contributed by atoms with Crippen molar-refractivity contribution in [1.29, 1.82) is 0 Å². The van der Waals surface area contributed by atoms with Gasteiger partial charge in [-0.3, -0.25) is 9.59 Å². The van der Waals surface area contributed by atoms with Crippen molar-refractivity contribution in [3.63, 3.8) is 0 Å². The third-order valence-corrected chi connectivity index (χ3v) is 5.81. The van der Waals surface area contributed by atoms with Crippen molar-refractivity contribution in [2.75, 3.05) is 12.3 Å². The molecule has 0 aliphatic carbocycles. The van der Waals surface area contributed by atoms with Crippen LogP contribution in [0.25, 0.3) is 0 Å². The fourth-order valence-electron chi connectivity index (χ4n) is 3.17. The normalized spacial score (nSPS) is 11.7. The maximum absolute atomic E-state index is 13.1. The van der Waals surface area contributed by atoms with Crippen LogP contribution >= 0.6 is 11.8 Å². The van der Waals surface area contributed by atoms with Crippen LogP contribution in [0.1, 0.15) is 43.4 Å². The molecule has 0 aliphatic heterocycles. The molecule has 0 heterocycles. The lowest BCUT2D eigenvalue weighted by atomic mass is 10.1. The van der Waals surface area contributed by atoms with Gasteiger partial charge in [0.15, 0.2) is 0 Å². The Morgan fingerprint density at radius 1 is 1.00 bits per heavy atom. The first-order valence-electron chi connectivity index (χ1n) is 10.3. The molecule has 1 N–H and O–H groups in total. The van der Waals surface area contributed by atoms with E-state index in [4.69, 9.17) is 0 Å². The second-order valence-electron chi connectivity index (χ2n) is 7.11. The summed E-state index contributed by atoms with van der Waals surface area (Å²) in [6, 6.07) is 18.0. The molecule has 0 aromatic heterocycles. The number of benzene rings is 2. The van der Waals surface area contributed by atoms with Crippen molar-refractivity contribution >= 4 is 23.6 Å². The van der Waals surface area contributed by atoms with E-state index < -0.39 is 6.04 Å². The molecule has 156 valence electrons. The first-order valence-corrected chi connectivity index (χ1v) is 11.4. The Bertz CT molecular complexity index is 762. The Balaban J connectivity index is 2.02. The van der Waals surface area contributed by atoms with Gasteiger partial charge in [-0.25, -0.2) is 0 Å². The highest BCUT2D eigenvalue weighted by atomic mass is 32.2. The summed E-state index contributed by atoms with van der Waals surface area (Å²) in [6.07, 6.45) is 1.03. The van der Waals surface area contributed by atoms with Crippen LogP contribution in [0.15, 0.2) is 54.6 Å².